The molecule has 2 amide bonds. The van der Waals surface area contributed by atoms with Gasteiger partial charge in [-0.1, -0.05) is 0 Å². The lowest BCUT2D eigenvalue weighted by molar-refractivity contribution is -0.139. The third kappa shape index (κ3) is 4.35. The number of carbonyl (C=O) groups is 2. The summed E-state index contributed by atoms with van der Waals surface area (Å²) in [5.74, 6) is 1.38. The normalized spacial score (nSPS) is 21.1. The molecule has 1 aromatic rings. The van der Waals surface area contributed by atoms with Crippen LogP contribution in [0.1, 0.15) is 30.1 Å². The lowest BCUT2D eigenvalue weighted by Gasteiger charge is -2.39. The summed E-state index contributed by atoms with van der Waals surface area (Å²) in [7, 11) is 3.13. The van der Waals surface area contributed by atoms with E-state index in [1.54, 1.807) is 32.4 Å². The summed E-state index contributed by atoms with van der Waals surface area (Å²) in [6.07, 6.45) is 1.42. The van der Waals surface area contributed by atoms with Crippen molar-refractivity contribution in [3.63, 3.8) is 0 Å². The van der Waals surface area contributed by atoms with Gasteiger partial charge < -0.3 is 24.6 Å². The first-order valence-electron chi connectivity index (χ1n) is 9.57. The highest BCUT2D eigenvalue weighted by atomic mass is 16.5. The van der Waals surface area contributed by atoms with Crippen molar-refractivity contribution in [2.45, 2.75) is 25.8 Å². The van der Waals surface area contributed by atoms with Gasteiger partial charge in [0.05, 0.1) is 14.2 Å². The van der Waals surface area contributed by atoms with Crippen molar-refractivity contribution in [3.05, 3.63) is 23.8 Å². The predicted molar refractivity (Wildman–Crippen MR) is 102 cm³/mol. The number of hydrogen-bond acceptors (Lipinski definition) is 5. The molecular weight excluding hydrogens is 346 g/mol. The third-order valence-electron chi connectivity index (χ3n) is 5.51. The molecule has 0 radical (unpaired) electrons. The Morgan fingerprint density at radius 2 is 1.67 bits per heavy atom. The van der Waals surface area contributed by atoms with Gasteiger partial charge in [0.2, 0.25) is 5.91 Å². The molecule has 2 aliphatic rings. The second kappa shape index (κ2) is 8.61. The first-order chi connectivity index (χ1) is 13.0. The van der Waals surface area contributed by atoms with Gasteiger partial charge in [-0.15, -0.1) is 0 Å². The molecule has 0 bridgehead atoms. The predicted octanol–water partition coefficient (Wildman–Crippen LogP) is 1.38. The Labute approximate surface area is 160 Å². The van der Waals surface area contributed by atoms with E-state index in [1.807, 2.05) is 9.80 Å². The number of piperidine rings is 1. The molecule has 0 aliphatic carbocycles. The van der Waals surface area contributed by atoms with Crippen molar-refractivity contribution in [3.8, 4) is 11.5 Å². The average molecular weight is 375 g/mol. The first-order valence-corrected chi connectivity index (χ1v) is 9.57. The number of amides is 2. The number of methoxy groups -OCH3 is 2. The van der Waals surface area contributed by atoms with Gasteiger partial charge in [-0.25, -0.2) is 0 Å². The number of carbonyl (C=O) groups excluding carboxylic acids is 2. The second-order valence-electron chi connectivity index (χ2n) is 7.25. The summed E-state index contributed by atoms with van der Waals surface area (Å²) in [6, 6.07) is 5.43. The molecule has 27 heavy (non-hydrogen) atoms. The Kier molecular flexibility index (Phi) is 6.21. The van der Waals surface area contributed by atoms with E-state index in [4.69, 9.17) is 9.47 Å². The van der Waals surface area contributed by atoms with Crippen molar-refractivity contribution in [1.82, 2.24) is 15.1 Å². The summed E-state index contributed by atoms with van der Waals surface area (Å²) in [6.45, 7) is 5.73. The van der Waals surface area contributed by atoms with Gasteiger partial charge in [-0.05, 0) is 31.9 Å². The molecule has 1 atom stereocenters. The van der Waals surface area contributed by atoms with E-state index in [-0.39, 0.29) is 23.8 Å². The molecule has 0 spiro atoms. The number of ether oxygens (including phenoxy) is 2. The minimum Gasteiger partial charge on any atom is -0.497 e. The van der Waals surface area contributed by atoms with Crippen LogP contribution in [0.15, 0.2) is 18.2 Å². The maximum absolute atomic E-state index is 12.9. The number of piperazine rings is 1. The van der Waals surface area contributed by atoms with Crippen molar-refractivity contribution in [2.24, 2.45) is 5.92 Å². The zero-order valence-corrected chi connectivity index (χ0v) is 16.4. The fourth-order valence-electron chi connectivity index (χ4n) is 3.85. The van der Waals surface area contributed by atoms with Gasteiger partial charge in [0, 0.05) is 56.3 Å². The molecule has 2 heterocycles. The zero-order valence-electron chi connectivity index (χ0n) is 16.4. The molecule has 3 rings (SSSR count). The fraction of sp³-hybridized carbons (Fsp3) is 0.600. The molecule has 7 nitrogen and oxygen atoms in total. The van der Waals surface area contributed by atoms with E-state index in [0.717, 1.165) is 19.6 Å². The van der Waals surface area contributed by atoms with Gasteiger partial charge in [-0.2, -0.15) is 0 Å². The van der Waals surface area contributed by atoms with Crippen molar-refractivity contribution >= 4 is 11.8 Å². The quantitative estimate of drug-likeness (QED) is 0.861. The summed E-state index contributed by atoms with van der Waals surface area (Å²) in [5.41, 5.74) is 0.548. The Morgan fingerprint density at radius 3 is 2.22 bits per heavy atom. The van der Waals surface area contributed by atoms with E-state index in [1.165, 1.54) is 0 Å². The first kappa shape index (κ1) is 19.5. The number of nitrogens with zero attached hydrogens (tertiary/aromatic N) is 2. The maximum Gasteiger partial charge on any atom is 0.254 e. The summed E-state index contributed by atoms with van der Waals surface area (Å²) in [4.78, 5) is 29.5. The van der Waals surface area contributed by atoms with Crippen molar-refractivity contribution < 1.29 is 19.1 Å². The molecule has 2 fully saturated rings. The molecule has 0 aromatic heterocycles. The van der Waals surface area contributed by atoms with Crippen LogP contribution >= 0.6 is 0 Å². The van der Waals surface area contributed by atoms with Crippen molar-refractivity contribution in [2.75, 3.05) is 46.9 Å². The van der Waals surface area contributed by atoms with Gasteiger partial charge in [0.1, 0.15) is 11.5 Å². The van der Waals surface area contributed by atoms with Crippen molar-refractivity contribution in [1.29, 1.82) is 0 Å². The van der Waals surface area contributed by atoms with Crippen LogP contribution in [-0.4, -0.2) is 74.6 Å². The molecule has 0 saturated carbocycles. The van der Waals surface area contributed by atoms with Gasteiger partial charge in [0.25, 0.3) is 5.91 Å². The number of benzene rings is 1. The van der Waals surface area contributed by atoms with Crippen LogP contribution < -0.4 is 14.8 Å². The van der Waals surface area contributed by atoms with Gasteiger partial charge in [0.15, 0.2) is 0 Å². The number of nitrogens with one attached hydrogen (secondary N) is 1. The maximum atomic E-state index is 12.9. The second-order valence-corrected chi connectivity index (χ2v) is 7.25. The summed E-state index contributed by atoms with van der Waals surface area (Å²) < 4.78 is 10.5. The lowest BCUT2D eigenvalue weighted by Crippen LogP contribution is -2.55. The summed E-state index contributed by atoms with van der Waals surface area (Å²) in [5, 5.41) is 3.31. The van der Waals surface area contributed by atoms with E-state index in [9.17, 15) is 9.59 Å². The molecule has 7 heteroatoms. The largest absolute Gasteiger partial charge is 0.497 e. The fourth-order valence-corrected chi connectivity index (χ4v) is 3.85. The lowest BCUT2D eigenvalue weighted by atomic mass is 9.94. The number of hydrogen-bond donors (Lipinski definition) is 1. The minimum absolute atomic E-state index is 0.00875. The standard InChI is InChI=1S/C20H29N3O4/c1-14-13-21-6-9-23(14)20(25)15-4-7-22(8-5-15)19(24)16-10-17(26-2)12-18(11-16)27-3/h10-12,14-15,21H,4-9,13H2,1-3H3/t14-/m1/s1. The highest BCUT2D eigenvalue weighted by Gasteiger charge is 2.33. The molecule has 2 saturated heterocycles. The monoisotopic (exact) mass is 375 g/mol. The number of likely N-dealkylation sites (tertiary alicyclic amines) is 1. The van der Waals surface area contributed by atoms with Gasteiger partial charge >= 0.3 is 0 Å². The highest BCUT2D eigenvalue weighted by Crippen LogP contribution is 2.26. The third-order valence-corrected chi connectivity index (χ3v) is 5.51. The highest BCUT2D eigenvalue weighted by molar-refractivity contribution is 5.95. The Morgan fingerprint density at radius 1 is 1.04 bits per heavy atom. The van der Waals surface area contributed by atoms with Crippen LogP contribution in [0, 0.1) is 5.92 Å². The van der Waals surface area contributed by atoms with E-state index >= 15 is 0 Å². The van der Waals surface area contributed by atoms with Crippen LogP contribution in [-0.2, 0) is 4.79 Å². The van der Waals surface area contributed by atoms with E-state index in [0.29, 0.717) is 43.0 Å². The smallest absolute Gasteiger partial charge is 0.254 e. The van der Waals surface area contributed by atoms with Crippen LogP contribution in [0.3, 0.4) is 0 Å². The Bertz CT molecular complexity index is 664. The van der Waals surface area contributed by atoms with E-state index in [2.05, 4.69) is 12.2 Å². The van der Waals surface area contributed by atoms with Gasteiger partial charge in [-0.3, -0.25) is 9.59 Å². The molecule has 1 N–H and O–H groups in total. The topological polar surface area (TPSA) is 71.1 Å². The van der Waals surface area contributed by atoms with E-state index < -0.39 is 0 Å². The molecule has 148 valence electrons. The molecule has 1 aromatic carbocycles. The molecular formula is C20H29N3O4. The van der Waals surface area contributed by atoms with Crippen LogP contribution in [0.25, 0.3) is 0 Å². The SMILES string of the molecule is COc1cc(OC)cc(C(=O)N2CCC(C(=O)N3CCNC[C@H]3C)CC2)c1. The van der Waals surface area contributed by atoms with Crippen LogP contribution in [0.2, 0.25) is 0 Å². The Balaban J connectivity index is 1.62. The average Bonchev–Trinajstić information content (AvgIpc) is 2.72. The Hall–Kier alpha value is -2.28. The number of rotatable bonds is 4. The van der Waals surface area contributed by atoms with Crippen LogP contribution in [0.5, 0.6) is 11.5 Å². The molecule has 2 aliphatic heterocycles. The van der Waals surface area contributed by atoms with Crippen LogP contribution in [0.4, 0.5) is 0 Å². The minimum atomic E-state index is -0.0476. The summed E-state index contributed by atoms with van der Waals surface area (Å²) >= 11 is 0. The molecule has 0 unspecified atom stereocenters. The zero-order chi connectivity index (χ0) is 19.4.